The lowest BCUT2D eigenvalue weighted by Gasteiger charge is -2.14. The van der Waals surface area contributed by atoms with E-state index >= 15 is 0 Å². The zero-order chi connectivity index (χ0) is 14.5. The van der Waals surface area contributed by atoms with E-state index in [1.165, 1.54) is 0 Å². The topological polar surface area (TPSA) is 53.2 Å². The van der Waals surface area contributed by atoms with E-state index < -0.39 is 6.10 Å². The van der Waals surface area contributed by atoms with Crippen LogP contribution in [0.2, 0.25) is 0 Å². The van der Waals surface area contributed by atoms with Crippen LogP contribution in [0, 0.1) is 11.3 Å². The molecule has 0 aliphatic rings. The second-order valence-electron chi connectivity index (χ2n) is 4.42. The Balaban J connectivity index is 2.23. The van der Waals surface area contributed by atoms with E-state index in [1.54, 1.807) is 13.0 Å². The van der Waals surface area contributed by atoms with Gasteiger partial charge in [0.2, 0.25) is 0 Å². The monoisotopic (exact) mass is 331 g/mol. The zero-order valence-electron chi connectivity index (χ0n) is 11.0. The fourth-order valence-electron chi connectivity index (χ4n) is 1.89. The molecule has 0 saturated heterocycles. The maximum Gasteiger partial charge on any atom is 0.126 e. The van der Waals surface area contributed by atoms with Crippen LogP contribution in [-0.4, -0.2) is 5.11 Å². The molecule has 0 heterocycles. The van der Waals surface area contributed by atoms with Crippen LogP contribution in [0.25, 0.3) is 0 Å². The number of aliphatic hydroxyl groups is 1. The van der Waals surface area contributed by atoms with Gasteiger partial charge in [0.25, 0.3) is 0 Å². The smallest absolute Gasteiger partial charge is 0.126 e. The SMILES string of the molecule is CC(O)c1ccc(Br)cc1OCc1ccccc1C#N. The lowest BCUT2D eigenvalue weighted by Crippen LogP contribution is -2.02. The number of nitrogens with zero attached hydrogens (tertiary/aromatic N) is 1. The minimum Gasteiger partial charge on any atom is -0.488 e. The van der Waals surface area contributed by atoms with Crippen molar-refractivity contribution in [3.05, 3.63) is 63.6 Å². The number of rotatable bonds is 4. The van der Waals surface area contributed by atoms with Crippen molar-refractivity contribution in [2.24, 2.45) is 0 Å². The Kier molecular flexibility index (Phi) is 4.78. The molecular weight excluding hydrogens is 318 g/mol. The molecule has 2 aromatic carbocycles. The third-order valence-corrected chi connectivity index (χ3v) is 3.44. The van der Waals surface area contributed by atoms with Gasteiger partial charge in [-0.2, -0.15) is 5.26 Å². The van der Waals surface area contributed by atoms with Crippen molar-refractivity contribution in [2.75, 3.05) is 0 Å². The molecule has 0 saturated carbocycles. The molecule has 102 valence electrons. The second-order valence-corrected chi connectivity index (χ2v) is 5.33. The van der Waals surface area contributed by atoms with Crippen LogP contribution in [0.3, 0.4) is 0 Å². The molecule has 0 bridgehead atoms. The Labute approximate surface area is 126 Å². The summed E-state index contributed by atoms with van der Waals surface area (Å²) in [5, 5.41) is 18.8. The fraction of sp³-hybridized carbons (Fsp3) is 0.188. The number of hydrogen-bond acceptors (Lipinski definition) is 3. The molecule has 3 nitrogen and oxygen atoms in total. The van der Waals surface area contributed by atoms with Gasteiger partial charge in [-0.05, 0) is 25.1 Å². The van der Waals surface area contributed by atoms with Crippen molar-refractivity contribution in [1.82, 2.24) is 0 Å². The zero-order valence-corrected chi connectivity index (χ0v) is 12.6. The highest BCUT2D eigenvalue weighted by molar-refractivity contribution is 9.10. The summed E-state index contributed by atoms with van der Waals surface area (Å²) in [5.41, 5.74) is 2.15. The first-order valence-electron chi connectivity index (χ1n) is 6.20. The summed E-state index contributed by atoms with van der Waals surface area (Å²) >= 11 is 3.39. The normalized spacial score (nSPS) is 11.7. The van der Waals surface area contributed by atoms with Crippen molar-refractivity contribution in [2.45, 2.75) is 19.6 Å². The minimum absolute atomic E-state index is 0.292. The van der Waals surface area contributed by atoms with Crippen LogP contribution >= 0.6 is 15.9 Å². The summed E-state index contributed by atoms with van der Waals surface area (Å²) in [5.74, 6) is 0.613. The Morgan fingerprint density at radius 1 is 1.30 bits per heavy atom. The number of nitriles is 1. The van der Waals surface area contributed by atoms with Gasteiger partial charge >= 0.3 is 0 Å². The van der Waals surface area contributed by atoms with Crippen LogP contribution in [0.15, 0.2) is 46.9 Å². The molecular formula is C16H14BrNO2. The van der Waals surface area contributed by atoms with E-state index in [1.807, 2.05) is 36.4 Å². The Bertz CT molecular complexity index is 647. The first kappa shape index (κ1) is 14.6. The van der Waals surface area contributed by atoms with Gasteiger partial charge in [-0.15, -0.1) is 0 Å². The average Bonchev–Trinajstić information content (AvgIpc) is 2.45. The first-order valence-corrected chi connectivity index (χ1v) is 6.99. The van der Waals surface area contributed by atoms with Crippen LogP contribution < -0.4 is 4.74 Å². The van der Waals surface area contributed by atoms with E-state index in [0.717, 1.165) is 15.6 Å². The predicted molar refractivity (Wildman–Crippen MR) is 80.3 cm³/mol. The highest BCUT2D eigenvalue weighted by atomic mass is 79.9. The Morgan fingerprint density at radius 3 is 2.75 bits per heavy atom. The molecule has 0 aliphatic carbocycles. The highest BCUT2D eigenvalue weighted by Gasteiger charge is 2.10. The fourth-order valence-corrected chi connectivity index (χ4v) is 2.23. The van der Waals surface area contributed by atoms with E-state index in [0.29, 0.717) is 17.9 Å². The predicted octanol–water partition coefficient (Wildman–Crippen LogP) is 3.95. The molecule has 0 spiro atoms. The summed E-state index contributed by atoms with van der Waals surface area (Å²) < 4.78 is 6.65. The van der Waals surface area contributed by atoms with Gasteiger partial charge in [0.1, 0.15) is 12.4 Å². The first-order chi connectivity index (χ1) is 9.61. The molecule has 20 heavy (non-hydrogen) atoms. The van der Waals surface area contributed by atoms with Gasteiger partial charge < -0.3 is 9.84 Å². The molecule has 1 unspecified atom stereocenters. The molecule has 0 fully saturated rings. The van der Waals surface area contributed by atoms with E-state index in [4.69, 9.17) is 10.00 Å². The number of aliphatic hydroxyl groups excluding tert-OH is 1. The van der Waals surface area contributed by atoms with Crippen LogP contribution in [0.5, 0.6) is 5.75 Å². The average molecular weight is 332 g/mol. The number of benzene rings is 2. The molecule has 1 N–H and O–H groups in total. The van der Waals surface area contributed by atoms with Crippen LogP contribution in [0.4, 0.5) is 0 Å². The molecule has 0 amide bonds. The maximum atomic E-state index is 9.75. The van der Waals surface area contributed by atoms with Gasteiger partial charge in [0.05, 0.1) is 17.7 Å². The van der Waals surface area contributed by atoms with E-state index in [-0.39, 0.29) is 0 Å². The van der Waals surface area contributed by atoms with Crippen LogP contribution in [0.1, 0.15) is 29.7 Å². The van der Waals surface area contributed by atoms with Crippen molar-refractivity contribution in [3.63, 3.8) is 0 Å². The lowest BCUT2D eigenvalue weighted by molar-refractivity contribution is 0.190. The van der Waals surface area contributed by atoms with Gasteiger partial charge in [0, 0.05) is 15.6 Å². The van der Waals surface area contributed by atoms with E-state index in [9.17, 15) is 5.11 Å². The van der Waals surface area contributed by atoms with Gasteiger partial charge in [-0.1, -0.05) is 40.2 Å². The summed E-state index contributed by atoms with van der Waals surface area (Å²) in [6.07, 6.45) is -0.607. The molecule has 2 rings (SSSR count). The molecule has 4 heteroatoms. The lowest BCUT2D eigenvalue weighted by atomic mass is 10.1. The summed E-state index contributed by atoms with van der Waals surface area (Å²) in [7, 11) is 0. The standard InChI is InChI=1S/C16H14BrNO2/c1-11(19)15-7-6-14(17)8-16(15)20-10-13-5-3-2-4-12(13)9-18/h2-8,11,19H,10H2,1H3. The summed E-state index contributed by atoms with van der Waals surface area (Å²) in [6.45, 7) is 1.99. The quantitative estimate of drug-likeness (QED) is 0.922. The summed E-state index contributed by atoms with van der Waals surface area (Å²) in [6, 6.07) is 14.9. The van der Waals surface area contributed by atoms with Crippen molar-refractivity contribution < 1.29 is 9.84 Å². The second kappa shape index (κ2) is 6.56. The maximum absolute atomic E-state index is 9.75. The molecule has 1 atom stereocenters. The molecule has 0 aliphatic heterocycles. The van der Waals surface area contributed by atoms with Crippen LogP contribution in [-0.2, 0) is 6.61 Å². The van der Waals surface area contributed by atoms with Crippen molar-refractivity contribution in [3.8, 4) is 11.8 Å². The van der Waals surface area contributed by atoms with Gasteiger partial charge in [0.15, 0.2) is 0 Å². The van der Waals surface area contributed by atoms with Crippen molar-refractivity contribution in [1.29, 1.82) is 5.26 Å². The molecule has 0 radical (unpaired) electrons. The molecule has 0 aromatic heterocycles. The number of halogens is 1. The Morgan fingerprint density at radius 2 is 2.05 bits per heavy atom. The third-order valence-electron chi connectivity index (χ3n) is 2.95. The highest BCUT2D eigenvalue weighted by Crippen LogP contribution is 2.29. The van der Waals surface area contributed by atoms with E-state index in [2.05, 4.69) is 22.0 Å². The molecule has 2 aromatic rings. The Hall–Kier alpha value is -1.83. The third kappa shape index (κ3) is 3.38. The largest absolute Gasteiger partial charge is 0.488 e. The number of ether oxygens (including phenoxy) is 1. The van der Waals surface area contributed by atoms with Gasteiger partial charge in [-0.25, -0.2) is 0 Å². The van der Waals surface area contributed by atoms with Gasteiger partial charge in [-0.3, -0.25) is 0 Å². The number of hydrogen-bond donors (Lipinski definition) is 1. The minimum atomic E-state index is -0.607. The van der Waals surface area contributed by atoms with Crippen molar-refractivity contribution >= 4 is 15.9 Å². The summed E-state index contributed by atoms with van der Waals surface area (Å²) in [4.78, 5) is 0.